The number of aliphatic hydroxyl groups excluding tert-OH is 22. The third-order valence-electron chi connectivity index (χ3n) is 19.1. The zero-order valence-electron chi connectivity index (χ0n) is 51.9. The fraction of sp³-hybridized carbons (Fsp3) is 0.982. The Hall–Kier alpha value is -2.05. The molecule has 0 bridgehead atoms. The Labute approximate surface area is 541 Å². The van der Waals surface area contributed by atoms with E-state index < -0.39 is 316 Å². The molecule has 8 rings (SSSR count). The van der Waals surface area contributed by atoms with Crippen molar-refractivity contribution in [1.82, 2.24) is 0 Å². The third-order valence-corrected chi connectivity index (χ3v) is 19.1. The minimum absolute atomic E-state index is 0.497. The molecular weight excluding hydrogens is 1300 g/mol. The number of aliphatic hydroxyl groups is 22. The Kier molecular flexibility index (Phi) is 27.6. The monoisotopic (exact) mass is 1390 g/mol. The van der Waals surface area contributed by atoms with Gasteiger partial charge in [0.25, 0.3) is 5.79 Å². The average Bonchev–Trinajstić information content (AvgIpc) is 0.793. The molecule has 95 heavy (non-hydrogen) atoms. The molecule has 554 valence electrons. The number of hydrogen-bond donors (Lipinski definition) is 24. The van der Waals surface area contributed by atoms with Gasteiger partial charge in [-0.05, 0) is 6.92 Å². The van der Waals surface area contributed by atoms with Gasteiger partial charge in [0.1, 0.15) is 153 Å². The number of ether oxygens (including phenoxy) is 15. The van der Waals surface area contributed by atoms with Crippen molar-refractivity contribution in [2.75, 3.05) is 52.9 Å². The van der Waals surface area contributed by atoms with Crippen LogP contribution in [-0.2, 0) is 75.8 Å². The third kappa shape index (κ3) is 16.4. The molecule has 8 heterocycles. The first-order valence-electron chi connectivity index (χ1n) is 31.2. The summed E-state index contributed by atoms with van der Waals surface area (Å²) in [5.41, 5.74) is 5.93. The highest BCUT2D eigenvalue weighted by Crippen LogP contribution is 2.41. The minimum atomic E-state index is -2.90. The highest BCUT2D eigenvalue weighted by molar-refractivity contribution is 5.76. The molecule has 15 unspecified atom stereocenters. The summed E-state index contributed by atoms with van der Waals surface area (Å²) in [5.74, 6) is -7.78. The van der Waals surface area contributed by atoms with Crippen LogP contribution in [0.4, 0.5) is 0 Å². The molecule has 0 aromatic carbocycles. The lowest BCUT2D eigenvalue weighted by molar-refractivity contribution is -0.392. The van der Waals surface area contributed by atoms with Crippen LogP contribution in [-0.4, -0.2) is 409 Å². The standard InChI is InChI=1S/C55H95NO39/c1-14-17(4)83-22(9-60)42(28(14)65)90-48-15(2)29(66)44(24(11-62)86-48)92-52-41(78)46(93-50-39(76)36(73)32(69)20(7-58)84-50)35(72)25(88-52)12-81-53-47(38(75)33(70)21(8-59)85-53)94-49-16(3)30(67)43(23(10-61)87-49)91-51-40(77)37(74)34(71)26(89-51)13-82-55(54(79)80)5-18(63)27(56)45(95-55)31(68)19(64)6-57/h14-53,57-78H,5-13,56H2,1-4H3,(H,79,80)/t14-,15+,16?,17+,18-,19-,20-,21?,22?,23+,24?,25?,26?,27-,28?,29?,30?,31-,32-,33-,34+,35-,36?,37?,38?,39?,40+,41-,42-,43-,44-,45?,46?,47-,48+,49+,50-,51+,52+,53+,55-/m1/s1. The number of carboxylic acids is 1. The maximum atomic E-state index is 12.7. The number of carboxylic acid groups (broad SMARTS) is 1. The normalized spacial score (nSPS) is 51.6. The smallest absolute Gasteiger partial charge is 0.364 e. The molecule has 0 aliphatic carbocycles. The first-order valence-corrected chi connectivity index (χ1v) is 31.2. The predicted octanol–water partition coefficient (Wildman–Crippen LogP) is -14.4. The largest absolute Gasteiger partial charge is 0.477 e. The summed E-state index contributed by atoms with van der Waals surface area (Å²) in [7, 11) is 0. The molecule has 0 amide bonds. The molecule has 0 spiro atoms. The van der Waals surface area contributed by atoms with Crippen molar-refractivity contribution in [3.05, 3.63) is 0 Å². The highest BCUT2D eigenvalue weighted by Gasteiger charge is 2.60. The topological polar surface area (TPSA) is 647 Å². The second-order valence-corrected chi connectivity index (χ2v) is 25.4. The zero-order chi connectivity index (χ0) is 70.1. The Morgan fingerprint density at radius 1 is 0.432 bits per heavy atom. The first-order chi connectivity index (χ1) is 44.8. The summed E-state index contributed by atoms with van der Waals surface area (Å²) in [6.07, 6.45) is -66.1. The molecule has 8 aliphatic rings. The Morgan fingerprint density at radius 3 is 1.31 bits per heavy atom. The van der Waals surface area contributed by atoms with E-state index in [1.807, 2.05) is 0 Å². The van der Waals surface area contributed by atoms with Crippen molar-refractivity contribution in [2.24, 2.45) is 23.5 Å². The van der Waals surface area contributed by atoms with Crippen LogP contribution < -0.4 is 5.73 Å². The Bertz CT molecular complexity index is 2360. The maximum Gasteiger partial charge on any atom is 0.364 e. The van der Waals surface area contributed by atoms with Gasteiger partial charge in [-0.2, -0.15) is 0 Å². The molecular formula is C55H95NO39. The Morgan fingerprint density at radius 2 is 0.821 bits per heavy atom. The van der Waals surface area contributed by atoms with Crippen molar-refractivity contribution < 1.29 is 193 Å². The lowest BCUT2D eigenvalue weighted by Gasteiger charge is -2.50. The van der Waals surface area contributed by atoms with Crippen molar-refractivity contribution in [3.63, 3.8) is 0 Å². The molecule has 8 fully saturated rings. The van der Waals surface area contributed by atoms with Gasteiger partial charge < -0.3 is 194 Å². The van der Waals surface area contributed by atoms with Gasteiger partial charge in [0.05, 0.1) is 89.4 Å². The van der Waals surface area contributed by atoms with E-state index >= 15 is 0 Å². The van der Waals surface area contributed by atoms with Crippen LogP contribution in [0.5, 0.6) is 0 Å². The second kappa shape index (κ2) is 33.4. The lowest BCUT2D eigenvalue weighted by atomic mass is 9.88. The van der Waals surface area contributed by atoms with E-state index in [9.17, 15) is 122 Å². The van der Waals surface area contributed by atoms with Crippen molar-refractivity contribution >= 4 is 5.97 Å². The van der Waals surface area contributed by atoms with Gasteiger partial charge in [-0.15, -0.1) is 0 Å². The maximum absolute atomic E-state index is 12.7. The number of rotatable bonds is 25. The molecule has 41 atom stereocenters. The fourth-order valence-corrected chi connectivity index (χ4v) is 12.7. The molecule has 40 heteroatoms. The quantitative estimate of drug-likeness (QED) is 0.0404. The number of nitrogens with two attached hydrogens (primary N) is 1. The molecule has 40 nitrogen and oxygen atoms in total. The first kappa shape index (κ1) is 78.7. The molecule has 0 saturated carbocycles. The van der Waals surface area contributed by atoms with Gasteiger partial charge >= 0.3 is 5.97 Å². The van der Waals surface area contributed by atoms with E-state index in [0.717, 1.165) is 0 Å². The van der Waals surface area contributed by atoms with E-state index in [0.29, 0.717) is 0 Å². The van der Waals surface area contributed by atoms with Crippen LogP contribution in [0, 0.1) is 17.8 Å². The van der Waals surface area contributed by atoms with Crippen LogP contribution in [0.25, 0.3) is 0 Å². The van der Waals surface area contributed by atoms with Crippen molar-refractivity contribution in [2.45, 2.75) is 267 Å². The van der Waals surface area contributed by atoms with E-state index in [-0.39, 0.29) is 0 Å². The van der Waals surface area contributed by atoms with Crippen LogP contribution in [0.15, 0.2) is 0 Å². The van der Waals surface area contributed by atoms with Gasteiger partial charge in [-0.25, -0.2) is 4.79 Å². The van der Waals surface area contributed by atoms with Gasteiger partial charge in [0.15, 0.2) is 37.7 Å². The van der Waals surface area contributed by atoms with Crippen LogP contribution >= 0.6 is 0 Å². The summed E-state index contributed by atoms with van der Waals surface area (Å²) in [6, 6.07) is -1.53. The van der Waals surface area contributed by atoms with E-state index in [4.69, 9.17) is 76.8 Å². The van der Waals surface area contributed by atoms with E-state index in [1.54, 1.807) is 13.8 Å². The van der Waals surface area contributed by atoms with Crippen molar-refractivity contribution in [1.29, 1.82) is 0 Å². The zero-order valence-corrected chi connectivity index (χ0v) is 51.9. The van der Waals surface area contributed by atoms with Crippen molar-refractivity contribution in [3.8, 4) is 0 Å². The number of carbonyl (C=O) groups is 1. The number of aliphatic carboxylic acids is 1. The van der Waals surface area contributed by atoms with E-state index in [1.165, 1.54) is 13.8 Å². The second-order valence-electron chi connectivity index (χ2n) is 25.4. The van der Waals surface area contributed by atoms with Gasteiger partial charge in [-0.3, -0.25) is 0 Å². The lowest BCUT2D eigenvalue weighted by Crippen LogP contribution is -2.67. The molecule has 8 saturated heterocycles. The van der Waals surface area contributed by atoms with Crippen LogP contribution in [0.1, 0.15) is 34.1 Å². The number of hydrogen-bond acceptors (Lipinski definition) is 39. The molecule has 0 aromatic rings. The summed E-state index contributed by atoms with van der Waals surface area (Å²) < 4.78 is 88.2. The SMILES string of the molecule is CC1C(O)[C@H](O[C@@H]2OC(CO[C@]3(C(=O)O)C[C@@H](O)[C@@H](N)C([C@H](O)[C@H](O)CO)O3)[C@H](O)C(O)[C@@H]2O)[C@H](CO)O[C@H]1O[C@@H]1C(O)[C@H](O)C(CO)O[C@@H]1OCC1O[C@@H](O[C@@H]2C(CO)O[C@@H](O[C@@H]3C(CO)O[C@@H](C)[C@@H](C)C3O)[C@@H](C)C2O)[C@H](O)C(O[C@H]2O[C@H](CO)[C@@H](O)C(O)C2O)[C@@H]1O. The summed E-state index contributed by atoms with van der Waals surface area (Å²) >= 11 is 0. The Balaban J connectivity index is 0.984. The van der Waals surface area contributed by atoms with Gasteiger partial charge in [-0.1, -0.05) is 20.8 Å². The fourth-order valence-electron chi connectivity index (χ4n) is 12.7. The molecule has 0 radical (unpaired) electrons. The minimum Gasteiger partial charge on any atom is -0.477 e. The highest BCUT2D eigenvalue weighted by atomic mass is 16.8. The summed E-state index contributed by atoms with van der Waals surface area (Å²) in [4.78, 5) is 12.7. The summed E-state index contributed by atoms with van der Waals surface area (Å²) in [5, 5.41) is 249. The summed E-state index contributed by atoms with van der Waals surface area (Å²) in [6.45, 7) is -1.43. The van der Waals surface area contributed by atoms with Gasteiger partial charge in [0, 0.05) is 24.2 Å². The van der Waals surface area contributed by atoms with Crippen LogP contribution in [0.2, 0.25) is 0 Å². The van der Waals surface area contributed by atoms with Crippen LogP contribution in [0.3, 0.4) is 0 Å². The molecule has 0 aromatic heterocycles. The average molecular weight is 1390 g/mol. The van der Waals surface area contributed by atoms with Gasteiger partial charge in [0.2, 0.25) is 0 Å². The predicted molar refractivity (Wildman–Crippen MR) is 297 cm³/mol. The van der Waals surface area contributed by atoms with E-state index in [2.05, 4.69) is 0 Å². The molecule has 8 aliphatic heterocycles. The molecule has 25 N–H and O–H groups in total.